The molecule has 1 fully saturated rings. The molecule has 242 valence electrons. The van der Waals surface area contributed by atoms with E-state index < -0.39 is 47.7 Å². The van der Waals surface area contributed by atoms with Crippen LogP contribution < -0.4 is 15.2 Å². The van der Waals surface area contributed by atoms with Crippen LogP contribution in [0.2, 0.25) is 0 Å². The van der Waals surface area contributed by atoms with Gasteiger partial charge in [-0.25, -0.2) is 9.59 Å². The summed E-state index contributed by atoms with van der Waals surface area (Å²) in [6.45, 7) is 14.0. The number of carbonyl (C=O) groups excluding carboxylic acids is 4. The molecule has 0 amide bonds. The molecule has 0 saturated heterocycles. The molecule has 11 heteroatoms. The van der Waals surface area contributed by atoms with Crippen molar-refractivity contribution >= 4 is 24.2 Å². The molecule has 11 nitrogen and oxygen atoms in total. The van der Waals surface area contributed by atoms with Crippen LogP contribution in [0.25, 0.3) is 0 Å². The van der Waals surface area contributed by atoms with Crippen molar-refractivity contribution in [2.75, 3.05) is 0 Å². The molecule has 1 aliphatic rings. The second kappa shape index (κ2) is 15.9. The number of ether oxygens (including phenoxy) is 6. The van der Waals surface area contributed by atoms with Crippen LogP contribution in [0.5, 0.6) is 11.5 Å². The van der Waals surface area contributed by atoms with Gasteiger partial charge in [-0.2, -0.15) is 0 Å². The summed E-state index contributed by atoms with van der Waals surface area (Å²) >= 11 is 0. The first kappa shape index (κ1) is 35.9. The number of hydrogen-bond donors (Lipinski definition) is 1. The molecule has 0 heterocycles. The Morgan fingerprint density at radius 3 is 1.86 bits per heavy atom. The SMILES string of the molecule is CCC(C)(C)OC(=O)Oc1ccc(C[C@H](N)C(=O)O[C@@H](C)[C@H](C)OC(=O)C2CCCCC2)cc1OC(=O)OC(C)(C)CC. The summed E-state index contributed by atoms with van der Waals surface area (Å²) in [6.07, 6.45) is 2.55. The van der Waals surface area contributed by atoms with Crippen LogP contribution in [0.15, 0.2) is 18.2 Å². The molecular formula is C32H49NO10. The largest absolute Gasteiger partial charge is 0.514 e. The highest BCUT2D eigenvalue weighted by Gasteiger charge is 2.29. The Balaban J connectivity index is 2.10. The molecule has 2 N–H and O–H groups in total. The fraction of sp³-hybridized carbons (Fsp3) is 0.688. The Labute approximate surface area is 255 Å². The van der Waals surface area contributed by atoms with Gasteiger partial charge in [0.15, 0.2) is 11.5 Å². The van der Waals surface area contributed by atoms with Crippen molar-refractivity contribution in [2.45, 2.75) is 136 Å². The molecule has 1 aromatic rings. The fourth-order valence-electron chi connectivity index (χ4n) is 4.08. The lowest BCUT2D eigenvalue weighted by atomic mass is 9.89. The van der Waals surface area contributed by atoms with E-state index in [1.165, 1.54) is 12.1 Å². The molecule has 0 radical (unpaired) electrons. The summed E-state index contributed by atoms with van der Waals surface area (Å²) < 4.78 is 32.5. The second-order valence-corrected chi connectivity index (χ2v) is 12.3. The predicted octanol–water partition coefficient (Wildman–Crippen LogP) is 6.41. The molecule has 1 aliphatic carbocycles. The van der Waals surface area contributed by atoms with Gasteiger partial charge in [-0.15, -0.1) is 0 Å². The maximum atomic E-state index is 12.8. The van der Waals surface area contributed by atoms with Gasteiger partial charge in [0.05, 0.1) is 5.92 Å². The van der Waals surface area contributed by atoms with Gasteiger partial charge in [0.2, 0.25) is 0 Å². The van der Waals surface area contributed by atoms with E-state index in [1.54, 1.807) is 47.6 Å². The first-order valence-corrected chi connectivity index (χ1v) is 15.2. The zero-order valence-electron chi connectivity index (χ0n) is 26.9. The third-order valence-electron chi connectivity index (χ3n) is 7.78. The molecule has 3 atom stereocenters. The molecule has 2 rings (SSSR count). The molecule has 0 spiro atoms. The summed E-state index contributed by atoms with van der Waals surface area (Å²) in [5.74, 6) is -1.26. The van der Waals surface area contributed by atoms with E-state index in [0.717, 1.165) is 32.1 Å². The lowest BCUT2D eigenvalue weighted by molar-refractivity contribution is -0.169. The first-order chi connectivity index (χ1) is 20.1. The number of hydrogen-bond acceptors (Lipinski definition) is 11. The summed E-state index contributed by atoms with van der Waals surface area (Å²) in [5.41, 5.74) is 5.10. The zero-order valence-corrected chi connectivity index (χ0v) is 26.9. The highest BCUT2D eigenvalue weighted by Crippen LogP contribution is 2.31. The zero-order chi connectivity index (χ0) is 32.4. The van der Waals surface area contributed by atoms with E-state index in [1.807, 2.05) is 13.8 Å². The highest BCUT2D eigenvalue weighted by molar-refractivity contribution is 5.76. The average Bonchev–Trinajstić information content (AvgIpc) is 2.94. The lowest BCUT2D eigenvalue weighted by Gasteiger charge is -2.26. The smallest absolute Gasteiger partial charge is 0.459 e. The number of carbonyl (C=O) groups is 4. The van der Waals surface area contributed by atoms with Crippen molar-refractivity contribution in [2.24, 2.45) is 11.7 Å². The maximum absolute atomic E-state index is 12.8. The van der Waals surface area contributed by atoms with Crippen LogP contribution in [0.1, 0.15) is 106 Å². The third kappa shape index (κ3) is 12.1. The van der Waals surface area contributed by atoms with Crippen molar-refractivity contribution in [3.63, 3.8) is 0 Å². The van der Waals surface area contributed by atoms with Gasteiger partial charge in [0, 0.05) is 0 Å². The van der Waals surface area contributed by atoms with Gasteiger partial charge in [0.25, 0.3) is 0 Å². The van der Waals surface area contributed by atoms with Gasteiger partial charge in [-0.3, -0.25) is 9.59 Å². The van der Waals surface area contributed by atoms with Crippen LogP contribution >= 0.6 is 0 Å². The van der Waals surface area contributed by atoms with Crippen molar-refractivity contribution in [1.82, 2.24) is 0 Å². The highest BCUT2D eigenvalue weighted by atomic mass is 16.8. The Hall–Kier alpha value is -3.34. The van der Waals surface area contributed by atoms with Gasteiger partial charge in [-0.05, 0) is 91.3 Å². The Morgan fingerprint density at radius 2 is 1.33 bits per heavy atom. The van der Waals surface area contributed by atoms with Crippen molar-refractivity contribution < 1.29 is 47.6 Å². The molecule has 1 aromatic carbocycles. The van der Waals surface area contributed by atoms with Gasteiger partial charge in [0.1, 0.15) is 29.5 Å². The van der Waals surface area contributed by atoms with E-state index in [2.05, 4.69) is 0 Å². The topological polar surface area (TPSA) is 150 Å². The van der Waals surface area contributed by atoms with E-state index in [9.17, 15) is 19.2 Å². The third-order valence-corrected chi connectivity index (χ3v) is 7.78. The molecule has 0 aromatic heterocycles. The summed E-state index contributed by atoms with van der Waals surface area (Å²) in [5, 5.41) is 0. The van der Waals surface area contributed by atoms with E-state index in [-0.39, 0.29) is 29.8 Å². The Morgan fingerprint density at radius 1 is 0.814 bits per heavy atom. The second-order valence-electron chi connectivity index (χ2n) is 12.3. The Bertz CT molecular complexity index is 1110. The molecule has 0 unspecified atom stereocenters. The molecule has 0 bridgehead atoms. The molecule has 43 heavy (non-hydrogen) atoms. The van der Waals surface area contributed by atoms with Crippen LogP contribution in [0, 0.1) is 5.92 Å². The van der Waals surface area contributed by atoms with Gasteiger partial charge >= 0.3 is 24.2 Å². The molecular weight excluding hydrogens is 558 g/mol. The monoisotopic (exact) mass is 607 g/mol. The normalized spacial score (nSPS) is 16.3. The number of esters is 2. The number of nitrogens with two attached hydrogens (primary N) is 1. The predicted molar refractivity (Wildman–Crippen MR) is 159 cm³/mol. The van der Waals surface area contributed by atoms with Gasteiger partial charge < -0.3 is 34.2 Å². The van der Waals surface area contributed by atoms with Crippen LogP contribution in [0.3, 0.4) is 0 Å². The number of rotatable bonds is 13. The molecule has 0 aliphatic heterocycles. The van der Waals surface area contributed by atoms with Crippen molar-refractivity contribution in [3.05, 3.63) is 23.8 Å². The standard InChI is InChI=1S/C32H49NO10/c1-9-31(5,6)42-29(36)40-25-17-16-22(19-26(25)41-30(37)43-32(7,8)10-2)18-24(33)28(35)39-21(4)20(3)38-27(34)23-14-12-11-13-15-23/h16-17,19-21,23-24H,9-15,18,33H2,1-8H3/t20-,21-,24-/m0/s1. The molecule has 1 saturated carbocycles. The minimum atomic E-state index is -1.08. The van der Waals surface area contributed by atoms with E-state index in [0.29, 0.717) is 18.4 Å². The maximum Gasteiger partial charge on any atom is 0.514 e. The average molecular weight is 608 g/mol. The van der Waals surface area contributed by atoms with Crippen LogP contribution in [-0.2, 0) is 35.0 Å². The fourth-order valence-corrected chi connectivity index (χ4v) is 4.08. The Kier molecular flexibility index (Phi) is 13.3. The summed E-state index contributed by atoms with van der Waals surface area (Å²) in [4.78, 5) is 50.3. The minimum Gasteiger partial charge on any atom is -0.459 e. The van der Waals surface area contributed by atoms with Crippen LogP contribution in [0.4, 0.5) is 9.59 Å². The first-order valence-electron chi connectivity index (χ1n) is 15.2. The lowest BCUT2D eigenvalue weighted by Crippen LogP contribution is -2.40. The van der Waals surface area contributed by atoms with Crippen molar-refractivity contribution in [3.8, 4) is 11.5 Å². The van der Waals surface area contributed by atoms with E-state index >= 15 is 0 Å². The quantitative estimate of drug-likeness (QED) is 0.151. The summed E-state index contributed by atoms with van der Waals surface area (Å²) in [6, 6.07) is 3.34. The number of benzene rings is 1. The summed E-state index contributed by atoms with van der Waals surface area (Å²) in [7, 11) is 0. The van der Waals surface area contributed by atoms with E-state index in [4.69, 9.17) is 34.2 Å². The van der Waals surface area contributed by atoms with Gasteiger partial charge in [-0.1, -0.05) is 39.2 Å². The minimum absolute atomic E-state index is 0.0151. The van der Waals surface area contributed by atoms with Crippen molar-refractivity contribution in [1.29, 1.82) is 0 Å². The van der Waals surface area contributed by atoms with Crippen LogP contribution in [-0.4, -0.2) is 53.7 Å².